The molecule has 130 valence electrons. The van der Waals surface area contributed by atoms with Crippen molar-refractivity contribution in [2.75, 3.05) is 0 Å². The SMILES string of the molecule is FC(F)=C(F)C(F)(F)C1(F)OC(F)C(F)(F)C(F)(F)C1(F)F. The summed E-state index contributed by atoms with van der Waals surface area (Å²) in [5, 5.41) is 0. The van der Waals surface area contributed by atoms with Gasteiger partial charge in [0, 0.05) is 0 Å². The van der Waals surface area contributed by atoms with Gasteiger partial charge >= 0.3 is 35.6 Å². The van der Waals surface area contributed by atoms with Gasteiger partial charge in [0.15, 0.2) is 0 Å². The van der Waals surface area contributed by atoms with Gasteiger partial charge in [-0.2, -0.15) is 52.7 Å². The molecule has 1 aliphatic rings. The molecular weight excluding hydrogens is 359 g/mol. The third kappa shape index (κ3) is 1.91. The van der Waals surface area contributed by atoms with Crippen molar-refractivity contribution in [3.05, 3.63) is 11.9 Å². The highest BCUT2D eigenvalue weighted by Crippen LogP contribution is 2.63. The van der Waals surface area contributed by atoms with Crippen molar-refractivity contribution >= 4 is 0 Å². The standard InChI is InChI=1S/C8HF13O/c9-1(2(10)11)4(13,14)8(21)7(19,20)6(17,18)5(15,16)3(12)22-8/h3H. The summed E-state index contributed by atoms with van der Waals surface area (Å²) in [4.78, 5) is 0. The topological polar surface area (TPSA) is 9.23 Å². The molecular formula is C8HF13O. The van der Waals surface area contributed by atoms with Gasteiger partial charge in [-0.05, 0) is 0 Å². The minimum atomic E-state index is -7.28. The zero-order chi connectivity index (χ0) is 17.9. The van der Waals surface area contributed by atoms with Crippen LogP contribution in [-0.2, 0) is 4.74 Å². The van der Waals surface area contributed by atoms with Gasteiger partial charge in [-0.3, -0.25) is 4.74 Å². The van der Waals surface area contributed by atoms with Gasteiger partial charge in [0.2, 0.25) is 5.83 Å². The quantitative estimate of drug-likeness (QED) is 0.655. The van der Waals surface area contributed by atoms with E-state index >= 15 is 0 Å². The summed E-state index contributed by atoms with van der Waals surface area (Å²) in [7, 11) is 0. The minimum Gasteiger partial charge on any atom is -0.295 e. The summed E-state index contributed by atoms with van der Waals surface area (Å²) in [6.45, 7) is 0. The number of ether oxygens (including phenoxy) is 1. The lowest BCUT2D eigenvalue weighted by Crippen LogP contribution is -2.77. The lowest BCUT2D eigenvalue weighted by Gasteiger charge is -2.47. The highest BCUT2D eigenvalue weighted by Gasteiger charge is 2.93. The Bertz CT molecular complexity index is 492. The molecule has 0 N–H and O–H groups in total. The fourth-order valence-electron chi connectivity index (χ4n) is 1.38. The molecule has 1 rings (SSSR count). The van der Waals surface area contributed by atoms with E-state index in [2.05, 4.69) is 4.74 Å². The highest BCUT2D eigenvalue weighted by atomic mass is 19.4. The number of halogens is 13. The lowest BCUT2D eigenvalue weighted by atomic mass is 9.89. The average Bonchev–Trinajstić information content (AvgIpc) is 2.34. The molecule has 22 heavy (non-hydrogen) atoms. The number of alkyl halides is 10. The predicted molar refractivity (Wildman–Crippen MR) is 40.0 cm³/mol. The molecule has 1 fully saturated rings. The Morgan fingerprint density at radius 1 is 0.818 bits per heavy atom. The summed E-state index contributed by atoms with van der Waals surface area (Å²) in [5.41, 5.74) is 0. The second-order valence-corrected chi connectivity index (χ2v) is 3.95. The highest BCUT2D eigenvalue weighted by molar-refractivity contribution is 5.21. The van der Waals surface area contributed by atoms with Gasteiger partial charge in [0.05, 0.1) is 0 Å². The van der Waals surface area contributed by atoms with Gasteiger partial charge in [0.25, 0.3) is 6.36 Å². The third-order valence-electron chi connectivity index (χ3n) is 2.61. The molecule has 2 atom stereocenters. The first-order chi connectivity index (χ1) is 9.48. The Labute approximate surface area is 111 Å². The number of hydrogen-bond donors (Lipinski definition) is 0. The Balaban J connectivity index is 3.63. The summed E-state index contributed by atoms with van der Waals surface area (Å²) < 4.78 is 167. The van der Waals surface area contributed by atoms with Crippen LogP contribution in [0.25, 0.3) is 0 Å². The maximum atomic E-state index is 13.4. The van der Waals surface area contributed by atoms with Crippen LogP contribution in [0.5, 0.6) is 0 Å². The maximum Gasteiger partial charge on any atom is 0.383 e. The van der Waals surface area contributed by atoms with Crippen molar-refractivity contribution in [3.63, 3.8) is 0 Å². The average molecular weight is 360 g/mol. The Hall–Kier alpha value is -1.21. The van der Waals surface area contributed by atoms with E-state index in [1.807, 2.05) is 0 Å². The summed E-state index contributed by atoms with van der Waals surface area (Å²) in [6, 6.07) is 0. The van der Waals surface area contributed by atoms with Crippen LogP contribution in [-0.4, -0.2) is 35.9 Å². The van der Waals surface area contributed by atoms with Gasteiger partial charge < -0.3 is 0 Å². The molecule has 0 aromatic carbocycles. The van der Waals surface area contributed by atoms with Crippen LogP contribution < -0.4 is 0 Å². The minimum absolute atomic E-state index is 2.21. The fraction of sp³-hybridized carbons (Fsp3) is 0.750. The fourth-order valence-corrected chi connectivity index (χ4v) is 1.38. The van der Waals surface area contributed by atoms with E-state index in [4.69, 9.17) is 0 Å². The van der Waals surface area contributed by atoms with E-state index in [-0.39, 0.29) is 0 Å². The molecule has 0 radical (unpaired) electrons. The molecule has 1 aliphatic heterocycles. The Kier molecular flexibility index (Phi) is 3.98. The number of rotatable bonds is 2. The normalized spacial score (nSPS) is 33.4. The van der Waals surface area contributed by atoms with Crippen molar-refractivity contribution in [1.82, 2.24) is 0 Å². The largest absolute Gasteiger partial charge is 0.383 e. The molecule has 0 aromatic heterocycles. The molecule has 0 aromatic rings. The first kappa shape index (κ1) is 18.8. The lowest BCUT2D eigenvalue weighted by molar-refractivity contribution is -0.502. The number of hydrogen-bond acceptors (Lipinski definition) is 1. The maximum absolute atomic E-state index is 13.4. The molecule has 1 nitrogen and oxygen atoms in total. The van der Waals surface area contributed by atoms with Crippen LogP contribution in [0.4, 0.5) is 57.1 Å². The molecule has 0 amide bonds. The zero-order valence-electron chi connectivity index (χ0n) is 9.40. The van der Waals surface area contributed by atoms with Gasteiger partial charge in [-0.15, -0.1) is 0 Å². The van der Waals surface area contributed by atoms with E-state index in [1.54, 1.807) is 0 Å². The second-order valence-electron chi connectivity index (χ2n) is 3.95. The van der Waals surface area contributed by atoms with E-state index in [9.17, 15) is 57.1 Å². The molecule has 0 saturated carbocycles. The molecule has 0 bridgehead atoms. The molecule has 0 aliphatic carbocycles. The Morgan fingerprint density at radius 2 is 1.23 bits per heavy atom. The van der Waals surface area contributed by atoms with Gasteiger partial charge in [-0.25, -0.2) is 4.39 Å². The monoisotopic (exact) mass is 360 g/mol. The molecule has 1 heterocycles. The smallest absolute Gasteiger partial charge is 0.295 e. The van der Waals surface area contributed by atoms with E-state index in [0.29, 0.717) is 0 Å². The second kappa shape index (κ2) is 4.64. The molecule has 0 spiro atoms. The van der Waals surface area contributed by atoms with Crippen LogP contribution in [0.1, 0.15) is 0 Å². The summed E-state index contributed by atoms with van der Waals surface area (Å²) in [6.07, 6.45) is -9.24. The van der Waals surface area contributed by atoms with Gasteiger partial charge in [-0.1, -0.05) is 0 Å². The van der Waals surface area contributed by atoms with Crippen molar-refractivity contribution < 1.29 is 61.8 Å². The van der Waals surface area contributed by atoms with Crippen LogP contribution in [0.3, 0.4) is 0 Å². The summed E-state index contributed by atoms with van der Waals surface area (Å²) >= 11 is 0. The van der Waals surface area contributed by atoms with Crippen LogP contribution in [0.2, 0.25) is 0 Å². The van der Waals surface area contributed by atoms with E-state index < -0.39 is 47.8 Å². The van der Waals surface area contributed by atoms with Crippen molar-refractivity contribution in [1.29, 1.82) is 0 Å². The van der Waals surface area contributed by atoms with Crippen molar-refractivity contribution in [2.45, 2.75) is 35.9 Å². The zero-order valence-corrected chi connectivity index (χ0v) is 9.40. The predicted octanol–water partition coefficient (Wildman–Crippen LogP) is 4.60. The Morgan fingerprint density at radius 3 is 1.59 bits per heavy atom. The first-order valence-corrected chi connectivity index (χ1v) is 4.71. The van der Waals surface area contributed by atoms with E-state index in [0.717, 1.165) is 0 Å². The third-order valence-corrected chi connectivity index (χ3v) is 2.61. The van der Waals surface area contributed by atoms with E-state index in [1.165, 1.54) is 0 Å². The first-order valence-electron chi connectivity index (χ1n) is 4.71. The molecule has 14 heteroatoms. The van der Waals surface area contributed by atoms with Gasteiger partial charge in [0.1, 0.15) is 0 Å². The van der Waals surface area contributed by atoms with Crippen LogP contribution >= 0.6 is 0 Å². The van der Waals surface area contributed by atoms with Crippen LogP contribution in [0.15, 0.2) is 11.9 Å². The van der Waals surface area contributed by atoms with Crippen molar-refractivity contribution in [2.24, 2.45) is 0 Å². The molecule has 1 saturated heterocycles. The molecule has 2 unspecified atom stereocenters. The summed E-state index contributed by atoms with van der Waals surface area (Å²) in [5.74, 6) is -39.0. The van der Waals surface area contributed by atoms with Crippen LogP contribution in [0, 0.1) is 0 Å². The van der Waals surface area contributed by atoms with Crippen molar-refractivity contribution in [3.8, 4) is 0 Å².